The average Bonchev–Trinajstić information content (AvgIpc) is 3.62. The standard InChI is InChI=1S/C41H35/c1-5-28-19-20-34-31(23-28)24-37-36(34)25-38(40(29-13-9-7-10-14-29)30-15-11-8-12-16-30)32(6-2)41(37)35-22-21-33-26(3)17-18-27(4)39(33)35/h7-23,25,35H,5-6H2,1-4H3. The second-order valence-corrected chi connectivity index (χ2v) is 11.4. The second-order valence-electron chi connectivity index (χ2n) is 11.4. The van der Waals surface area contributed by atoms with Gasteiger partial charge in [-0.2, -0.15) is 0 Å². The molecule has 2 aliphatic carbocycles. The van der Waals surface area contributed by atoms with Gasteiger partial charge >= 0.3 is 0 Å². The molecule has 1 atom stereocenters. The summed E-state index contributed by atoms with van der Waals surface area (Å²) >= 11 is 0. The monoisotopic (exact) mass is 527 g/mol. The van der Waals surface area contributed by atoms with Gasteiger partial charge < -0.3 is 0 Å². The maximum Gasteiger partial charge on any atom is 0.0290 e. The number of fused-ring (bicyclic) bond motifs is 4. The Morgan fingerprint density at radius 2 is 1.37 bits per heavy atom. The number of allylic oxidation sites excluding steroid dienone is 1. The zero-order valence-corrected chi connectivity index (χ0v) is 24.4. The van der Waals surface area contributed by atoms with Crippen LogP contribution in [0.1, 0.15) is 75.4 Å². The van der Waals surface area contributed by atoms with Crippen molar-refractivity contribution in [1.82, 2.24) is 0 Å². The summed E-state index contributed by atoms with van der Waals surface area (Å²) in [7, 11) is 0. The van der Waals surface area contributed by atoms with Gasteiger partial charge in [-0.1, -0.05) is 117 Å². The van der Waals surface area contributed by atoms with Gasteiger partial charge in [0.2, 0.25) is 0 Å². The van der Waals surface area contributed by atoms with Crippen molar-refractivity contribution in [1.29, 1.82) is 0 Å². The molecule has 0 aliphatic heterocycles. The van der Waals surface area contributed by atoms with E-state index < -0.39 is 0 Å². The van der Waals surface area contributed by atoms with Gasteiger partial charge in [0.25, 0.3) is 0 Å². The zero-order valence-electron chi connectivity index (χ0n) is 24.4. The fourth-order valence-corrected chi connectivity index (χ4v) is 7.03. The summed E-state index contributed by atoms with van der Waals surface area (Å²) in [5.74, 6) is 0.203. The van der Waals surface area contributed by atoms with Crippen molar-refractivity contribution in [2.45, 2.75) is 46.5 Å². The van der Waals surface area contributed by atoms with E-state index in [-0.39, 0.29) is 5.92 Å². The lowest BCUT2D eigenvalue weighted by molar-refractivity contribution is 0.957. The molecule has 0 heterocycles. The van der Waals surface area contributed by atoms with E-state index >= 15 is 0 Å². The van der Waals surface area contributed by atoms with Gasteiger partial charge in [-0.25, -0.2) is 0 Å². The summed E-state index contributed by atoms with van der Waals surface area (Å²) in [6, 6.07) is 35.9. The lowest BCUT2D eigenvalue weighted by Crippen LogP contribution is -2.27. The Balaban J connectivity index is 1.66. The van der Waals surface area contributed by atoms with Crippen LogP contribution in [0.15, 0.2) is 103 Å². The topological polar surface area (TPSA) is 0 Å². The zero-order chi connectivity index (χ0) is 28.1. The molecular weight excluding hydrogens is 492 g/mol. The van der Waals surface area contributed by atoms with Crippen LogP contribution < -0.4 is 10.4 Å². The first-order valence-corrected chi connectivity index (χ1v) is 15.0. The fraction of sp³-hybridized carbons (Fsp3) is 0.171. The van der Waals surface area contributed by atoms with Crippen molar-refractivity contribution in [3.8, 4) is 11.1 Å². The van der Waals surface area contributed by atoms with Gasteiger partial charge in [-0.05, 0) is 122 Å². The van der Waals surface area contributed by atoms with E-state index in [1.807, 2.05) is 0 Å². The van der Waals surface area contributed by atoms with Crippen molar-refractivity contribution in [3.05, 3.63) is 169 Å². The summed E-state index contributed by atoms with van der Waals surface area (Å²) in [6.07, 6.45) is 10.7. The lowest BCUT2D eigenvalue weighted by atomic mass is 9.81. The molecule has 1 unspecified atom stereocenters. The van der Waals surface area contributed by atoms with Crippen LogP contribution in [-0.2, 0) is 12.8 Å². The largest absolute Gasteiger partial charge is 0.0720 e. The Bertz CT molecular complexity index is 1910. The third-order valence-corrected chi connectivity index (χ3v) is 9.07. The van der Waals surface area contributed by atoms with Gasteiger partial charge in [0, 0.05) is 5.92 Å². The lowest BCUT2D eigenvalue weighted by Gasteiger charge is -2.22. The molecule has 199 valence electrons. The first-order chi connectivity index (χ1) is 20.1. The second kappa shape index (κ2) is 10.2. The first-order valence-electron chi connectivity index (χ1n) is 15.0. The summed E-state index contributed by atoms with van der Waals surface area (Å²) < 4.78 is 0. The SMILES string of the molecule is CCc1ccc2c(c1)[C]=c1c-2cc(=C(c2ccccc2)c2ccccc2)c(CC)c1C1C=Cc2c(C)ccc(C)c21. The molecule has 0 saturated heterocycles. The van der Waals surface area contributed by atoms with Crippen LogP contribution in [0, 0.1) is 13.8 Å². The van der Waals surface area contributed by atoms with E-state index in [0.29, 0.717) is 0 Å². The van der Waals surface area contributed by atoms with Crippen molar-refractivity contribution in [2.24, 2.45) is 0 Å². The Labute approximate surface area is 244 Å². The third kappa shape index (κ3) is 4.13. The van der Waals surface area contributed by atoms with Crippen LogP contribution in [-0.4, -0.2) is 0 Å². The predicted octanol–water partition coefficient (Wildman–Crippen LogP) is 8.52. The van der Waals surface area contributed by atoms with Crippen molar-refractivity contribution >= 4 is 17.7 Å². The number of hydrogen-bond acceptors (Lipinski definition) is 0. The van der Waals surface area contributed by atoms with Gasteiger partial charge in [0.05, 0.1) is 0 Å². The maximum atomic E-state index is 3.94. The highest BCUT2D eigenvalue weighted by Crippen LogP contribution is 2.41. The van der Waals surface area contributed by atoms with Crippen LogP contribution >= 0.6 is 0 Å². The van der Waals surface area contributed by atoms with Crippen molar-refractivity contribution < 1.29 is 0 Å². The smallest absolute Gasteiger partial charge is 0.0290 e. The summed E-state index contributed by atoms with van der Waals surface area (Å²) in [5, 5.41) is 2.61. The Hall–Kier alpha value is -4.42. The molecule has 0 nitrogen and oxygen atoms in total. The normalized spacial score (nSPS) is 14.4. The Kier molecular flexibility index (Phi) is 6.36. The van der Waals surface area contributed by atoms with E-state index in [1.54, 1.807) is 0 Å². The molecule has 1 radical (unpaired) electrons. The summed E-state index contributed by atoms with van der Waals surface area (Å²) in [6.45, 7) is 9.07. The molecule has 41 heavy (non-hydrogen) atoms. The minimum atomic E-state index is 0.203. The number of hydrogen-bond donors (Lipinski definition) is 0. The summed E-state index contributed by atoms with van der Waals surface area (Å²) in [5.41, 5.74) is 17.4. The molecule has 0 bridgehead atoms. The minimum absolute atomic E-state index is 0.203. The molecule has 0 spiro atoms. The molecule has 2 aliphatic rings. The molecule has 0 saturated carbocycles. The van der Waals surface area contributed by atoms with Crippen LogP contribution in [0.25, 0.3) is 28.9 Å². The molecule has 0 fully saturated rings. The van der Waals surface area contributed by atoms with E-state index in [2.05, 4.69) is 143 Å². The van der Waals surface area contributed by atoms with E-state index in [1.165, 1.54) is 82.8 Å². The highest BCUT2D eigenvalue weighted by atomic mass is 14.3. The van der Waals surface area contributed by atoms with Gasteiger partial charge in [0.15, 0.2) is 0 Å². The van der Waals surface area contributed by atoms with Gasteiger partial charge in [-0.15, -0.1) is 0 Å². The molecule has 5 aromatic rings. The molecule has 0 N–H and O–H groups in total. The van der Waals surface area contributed by atoms with Crippen LogP contribution in [0.3, 0.4) is 0 Å². The quantitative estimate of drug-likeness (QED) is 0.211. The molecule has 0 heteroatoms. The minimum Gasteiger partial charge on any atom is -0.0720 e. The van der Waals surface area contributed by atoms with Gasteiger partial charge in [0.1, 0.15) is 0 Å². The molecular formula is C41H35. The predicted molar refractivity (Wildman–Crippen MR) is 174 cm³/mol. The van der Waals surface area contributed by atoms with E-state index in [9.17, 15) is 0 Å². The average molecular weight is 528 g/mol. The molecule has 5 aromatic carbocycles. The highest BCUT2D eigenvalue weighted by Gasteiger charge is 2.29. The Morgan fingerprint density at radius 1 is 0.683 bits per heavy atom. The third-order valence-electron chi connectivity index (χ3n) is 9.07. The van der Waals surface area contributed by atoms with Gasteiger partial charge in [-0.3, -0.25) is 0 Å². The van der Waals surface area contributed by atoms with Crippen LogP contribution in [0.2, 0.25) is 0 Å². The first kappa shape index (κ1) is 25.5. The van der Waals surface area contributed by atoms with Crippen LogP contribution in [0.5, 0.6) is 0 Å². The maximum absolute atomic E-state index is 3.94. The van der Waals surface area contributed by atoms with Crippen molar-refractivity contribution in [2.75, 3.05) is 0 Å². The number of benzene rings is 5. The fourth-order valence-electron chi connectivity index (χ4n) is 7.03. The summed E-state index contributed by atoms with van der Waals surface area (Å²) in [4.78, 5) is 0. The van der Waals surface area contributed by atoms with Crippen LogP contribution in [0.4, 0.5) is 0 Å². The molecule has 0 amide bonds. The van der Waals surface area contributed by atoms with E-state index in [4.69, 9.17) is 0 Å². The van der Waals surface area contributed by atoms with E-state index in [0.717, 1.165) is 12.8 Å². The Morgan fingerprint density at radius 3 is 2.02 bits per heavy atom. The van der Waals surface area contributed by atoms with Crippen molar-refractivity contribution in [3.63, 3.8) is 0 Å². The molecule has 0 aromatic heterocycles. The number of rotatable bonds is 5. The number of aryl methyl sites for hydroxylation is 3. The molecule has 7 rings (SSSR count). The highest BCUT2D eigenvalue weighted by molar-refractivity contribution is 5.88.